The van der Waals surface area contributed by atoms with Gasteiger partial charge in [0.2, 0.25) is 0 Å². The SMILES string of the molecule is C.CC.CC.CC.CC.CC.CC.Cc1cnccn1.Cc1cncnc1.Cc1cncnn1.Cc1nccnn1.Cc1ncncn1.Cc1ncncn1. The summed E-state index contributed by atoms with van der Waals surface area (Å²) in [5, 5.41) is 14.4. The largest absolute Gasteiger partial charge is 0.261 e. The smallest absolute Gasteiger partial charge is 0.147 e. The summed E-state index contributed by atoms with van der Waals surface area (Å²) in [6.45, 7) is 35.2. The lowest BCUT2D eigenvalue weighted by atomic mass is 10.4. The molecule has 0 saturated carbocycles. The summed E-state index contributed by atoms with van der Waals surface area (Å²) in [6.07, 6.45) is 22.3. The molecule has 0 atom stereocenters. The Hall–Kier alpha value is -5.80. The van der Waals surface area contributed by atoms with Gasteiger partial charge in [-0.25, -0.2) is 49.8 Å². The summed E-state index contributed by atoms with van der Waals surface area (Å²) in [5.74, 6) is 2.23. The molecule has 0 bridgehead atoms. The van der Waals surface area contributed by atoms with E-state index in [1.807, 2.05) is 118 Å². The lowest BCUT2D eigenvalue weighted by Crippen LogP contribution is -1.85. The van der Waals surface area contributed by atoms with Crippen molar-refractivity contribution in [3.05, 3.63) is 122 Å². The fourth-order valence-electron chi connectivity index (χ4n) is 1.97. The molecule has 6 aromatic rings. The molecule has 0 aromatic carbocycles. The quantitative estimate of drug-likeness (QED) is 0.141. The molecule has 6 aromatic heterocycles. The lowest BCUT2D eigenvalue weighted by molar-refractivity contribution is 0.907. The molecule has 308 valence electrons. The first kappa shape index (κ1) is 64.2. The molecule has 16 nitrogen and oxygen atoms in total. The molecule has 0 unspecified atom stereocenters. The van der Waals surface area contributed by atoms with Crippen molar-refractivity contribution in [2.24, 2.45) is 0 Å². The Labute approximate surface area is 333 Å². The zero-order chi connectivity index (χ0) is 42.7. The van der Waals surface area contributed by atoms with E-state index < -0.39 is 0 Å². The fraction of sp³-hybridized carbons (Fsp3) is 0.487. The number of hydrogen-bond acceptors (Lipinski definition) is 16. The fourth-order valence-corrected chi connectivity index (χ4v) is 1.97. The van der Waals surface area contributed by atoms with Crippen LogP contribution in [0.25, 0.3) is 0 Å². The van der Waals surface area contributed by atoms with Crippen molar-refractivity contribution in [3.8, 4) is 0 Å². The van der Waals surface area contributed by atoms with Crippen molar-refractivity contribution in [2.45, 2.75) is 132 Å². The van der Waals surface area contributed by atoms with Gasteiger partial charge >= 0.3 is 0 Å². The van der Waals surface area contributed by atoms with Gasteiger partial charge in [0.25, 0.3) is 0 Å². The van der Waals surface area contributed by atoms with Crippen LogP contribution >= 0.6 is 0 Å². The van der Waals surface area contributed by atoms with Crippen molar-refractivity contribution in [3.63, 3.8) is 0 Å². The number of rotatable bonds is 0. The van der Waals surface area contributed by atoms with Gasteiger partial charge in [-0.05, 0) is 47.1 Å². The van der Waals surface area contributed by atoms with E-state index in [1.54, 1.807) is 56.5 Å². The highest BCUT2D eigenvalue weighted by Crippen LogP contribution is 1.84. The molecule has 0 fully saturated rings. The van der Waals surface area contributed by atoms with Gasteiger partial charge in [-0.15, -0.1) is 10.2 Å². The molecule has 0 saturated heterocycles. The topological polar surface area (TPSA) is 206 Å². The molecule has 6 rings (SSSR count). The van der Waals surface area contributed by atoms with E-state index in [4.69, 9.17) is 0 Å². The molecule has 55 heavy (non-hydrogen) atoms. The highest BCUT2D eigenvalue weighted by Gasteiger charge is 1.78. The Morgan fingerprint density at radius 2 is 0.727 bits per heavy atom. The van der Waals surface area contributed by atoms with Crippen LogP contribution in [0.5, 0.6) is 0 Å². The van der Waals surface area contributed by atoms with Gasteiger partial charge in [0.05, 0.1) is 23.8 Å². The Bertz CT molecular complexity index is 1120. The predicted molar refractivity (Wildman–Crippen MR) is 227 cm³/mol. The summed E-state index contributed by atoms with van der Waals surface area (Å²) < 4.78 is 0. The summed E-state index contributed by atoms with van der Waals surface area (Å²) in [4.78, 5) is 45.1. The zero-order valence-corrected chi connectivity index (χ0v) is 36.2. The normalized spacial score (nSPS) is 7.31. The molecule has 6 heterocycles. The number of aryl methyl sites for hydroxylation is 6. The van der Waals surface area contributed by atoms with Crippen LogP contribution in [0.15, 0.2) is 87.5 Å². The van der Waals surface area contributed by atoms with E-state index in [2.05, 4.69) is 80.2 Å². The second-order valence-corrected chi connectivity index (χ2v) is 7.57. The monoisotopic (exact) mass is 765 g/mol. The molecule has 0 N–H and O–H groups in total. The van der Waals surface area contributed by atoms with Crippen LogP contribution < -0.4 is 0 Å². The van der Waals surface area contributed by atoms with Gasteiger partial charge in [0, 0.05) is 37.2 Å². The standard InChI is InChI=1S/2C5H6N2.4C4H5N3.6C2H6.CH4/c1-5-2-6-4-7-3-5;1-5-4-6-2-3-7-5;2*1-4-6-2-5-3-7-4;1-4-2-5-3-6-7-4;1-4-5-2-3-6-7-4;6*1-2;/h2*2-4H,1H3;4*2-3H,1H3;6*1-2H3;1H4. The Morgan fingerprint density at radius 3 is 0.909 bits per heavy atom. The maximum absolute atomic E-state index is 3.92. The first-order valence-corrected chi connectivity index (χ1v) is 18.2. The molecule has 0 radical (unpaired) electrons. The Kier molecular flexibility index (Phi) is 70.4. The third kappa shape index (κ3) is 57.8. The van der Waals surface area contributed by atoms with Crippen molar-refractivity contribution >= 4 is 0 Å². The van der Waals surface area contributed by atoms with E-state index in [-0.39, 0.29) is 7.43 Å². The maximum Gasteiger partial charge on any atom is 0.147 e. The summed E-state index contributed by atoms with van der Waals surface area (Å²) >= 11 is 0. The van der Waals surface area contributed by atoms with E-state index in [0.717, 1.165) is 28.6 Å². The van der Waals surface area contributed by atoms with Crippen molar-refractivity contribution < 1.29 is 0 Å². The van der Waals surface area contributed by atoms with Gasteiger partial charge in [0.15, 0.2) is 0 Å². The molecule has 0 amide bonds. The third-order valence-electron chi connectivity index (χ3n) is 3.82. The molecule has 0 aliphatic rings. The van der Waals surface area contributed by atoms with Gasteiger partial charge < -0.3 is 0 Å². The molecular weight excluding hydrogens is 693 g/mol. The second kappa shape index (κ2) is 60.3. The van der Waals surface area contributed by atoms with Gasteiger partial charge in [-0.2, -0.15) is 10.2 Å². The van der Waals surface area contributed by atoms with Gasteiger partial charge in [0.1, 0.15) is 55.4 Å². The van der Waals surface area contributed by atoms with Crippen LogP contribution in [-0.4, -0.2) is 80.2 Å². The Morgan fingerprint density at radius 1 is 0.309 bits per heavy atom. The molecule has 0 aliphatic heterocycles. The van der Waals surface area contributed by atoms with Crippen molar-refractivity contribution in [1.82, 2.24) is 80.2 Å². The average molecular weight is 765 g/mol. The van der Waals surface area contributed by atoms with E-state index in [1.165, 1.54) is 38.0 Å². The summed E-state index contributed by atoms with van der Waals surface area (Å²) in [5.41, 5.74) is 2.91. The second-order valence-electron chi connectivity index (χ2n) is 7.57. The first-order valence-electron chi connectivity index (χ1n) is 18.2. The highest BCUT2D eigenvalue weighted by atomic mass is 15.1. The predicted octanol–water partition coefficient (Wildman–Crippen LogP) is 9.08. The lowest BCUT2D eigenvalue weighted by Gasteiger charge is -1.81. The van der Waals surface area contributed by atoms with E-state index in [9.17, 15) is 0 Å². The van der Waals surface area contributed by atoms with Crippen molar-refractivity contribution in [1.29, 1.82) is 0 Å². The van der Waals surface area contributed by atoms with Crippen molar-refractivity contribution in [2.75, 3.05) is 0 Å². The summed E-state index contributed by atoms with van der Waals surface area (Å²) in [6, 6.07) is 0. The number of aromatic nitrogens is 16. The van der Waals surface area contributed by atoms with Gasteiger partial charge in [-0.3, -0.25) is 9.97 Å². The van der Waals surface area contributed by atoms with Crippen LogP contribution in [-0.2, 0) is 0 Å². The minimum Gasteiger partial charge on any atom is -0.261 e. The number of hydrogen-bond donors (Lipinski definition) is 0. The maximum atomic E-state index is 3.92. The Balaban J connectivity index is -0.0000000949. The van der Waals surface area contributed by atoms with Gasteiger partial charge in [-0.1, -0.05) is 90.5 Å². The highest BCUT2D eigenvalue weighted by molar-refractivity contribution is 4.97. The first-order chi connectivity index (χ1) is 26.4. The third-order valence-corrected chi connectivity index (χ3v) is 3.82. The van der Waals surface area contributed by atoms with Crippen LogP contribution in [0.1, 0.15) is 125 Å². The molecule has 0 spiro atoms. The summed E-state index contributed by atoms with van der Waals surface area (Å²) in [7, 11) is 0. The molecule has 16 heteroatoms. The van der Waals surface area contributed by atoms with Crippen LogP contribution in [0.4, 0.5) is 0 Å². The van der Waals surface area contributed by atoms with Crippen LogP contribution in [0.3, 0.4) is 0 Å². The molecule has 0 aliphatic carbocycles. The van der Waals surface area contributed by atoms with E-state index in [0.29, 0.717) is 5.82 Å². The average Bonchev–Trinajstić information content (AvgIpc) is 3.25. The minimum absolute atomic E-state index is 0. The zero-order valence-electron chi connectivity index (χ0n) is 36.2. The van der Waals surface area contributed by atoms with E-state index >= 15 is 0 Å². The molecular formula is C39H72N16. The van der Waals surface area contributed by atoms with Crippen LogP contribution in [0.2, 0.25) is 0 Å². The number of nitrogens with zero attached hydrogens (tertiary/aromatic N) is 16. The minimum atomic E-state index is 0. The van der Waals surface area contributed by atoms with Crippen LogP contribution in [0, 0.1) is 41.5 Å².